The van der Waals surface area contributed by atoms with Gasteiger partial charge >= 0.3 is 5.97 Å². The fraction of sp³-hybridized carbons (Fsp3) is 0.286. The molecule has 1 N–H and O–H groups in total. The van der Waals surface area contributed by atoms with Crippen molar-refractivity contribution in [2.24, 2.45) is 0 Å². The Morgan fingerprint density at radius 2 is 1.81 bits per heavy atom. The Labute approximate surface area is 158 Å². The molecule has 0 bridgehead atoms. The number of nitrogens with one attached hydrogen (secondary N) is 1. The third-order valence-electron chi connectivity index (χ3n) is 4.49. The van der Waals surface area contributed by atoms with Crippen molar-refractivity contribution >= 4 is 23.5 Å². The number of anilines is 1. The number of amides is 2. The van der Waals surface area contributed by atoms with Crippen LogP contribution in [0.15, 0.2) is 48.5 Å². The lowest BCUT2D eigenvalue weighted by atomic mass is 9.99. The molecule has 6 nitrogen and oxygen atoms in total. The van der Waals surface area contributed by atoms with Crippen molar-refractivity contribution in [1.29, 1.82) is 0 Å². The number of esters is 1. The fourth-order valence-corrected chi connectivity index (χ4v) is 3.15. The van der Waals surface area contributed by atoms with E-state index in [4.69, 9.17) is 4.74 Å². The second kappa shape index (κ2) is 8.03. The van der Waals surface area contributed by atoms with Crippen molar-refractivity contribution in [2.75, 3.05) is 11.9 Å². The molecule has 1 aliphatic rings. The van der Waals surface area contributed by atoms with E-state index in [1.807, 2.05) is 18.2 Å². The molecule has 3 rings (SSSR count). The van der Waals surface area contributed by atoms with Gasteiger partial charge in [0.1, 0.15) is 0 Å². The molecule has 140 valence electrons. The maximum absolute atomic E-state index is 12.7. The van der Waals surface area contributed by atoms with Crippen LogP contribution in [0.25, 0.3) is 0 Å². The minimum Gasteiger partial charge on any atom is -0.449 e. The molecular weight excluding hydrogens is 344 g/mol. The summed E-state index contributed by atoms with van der Waals surface area (Å²) in [5, 5.41) is 2.62. The van der Waals surface area contributed by atoms with Crippen molar-refractivity contribution in [1.82, 2.24) is 4.90 Å². The number of rotatable bonds is 4. The Kier molecular flexibility index (Phi) is 5.54. The van der Waals surface area contributed by atoms with E-state index >= 15 is 0 Å². The molecule has 2 aromatic rings. The van der Waals surface area contributed by atoms with Crippen molar-refractivity contribution < 1.29 is 19.1 Å². The third kappa shape index (κ3) is 4.53. The van der Waals surface area contributed by atoms with Gasteiger partial charge in [-0.2, -0.15) is 0 Å². The minimum atomic E-state index is -0.882. The normalized spacial score (nSPS) is 14.1. The van der Waals surface area contributed by atoms with Gasteiger partial charge in [-0.1, -0.05) is 30.3 Å². The van der Waals surface area contributed by atoms with Gasteiger partial charge in [0.05, 0.1) is 5.56 Å². The lowest BCUT2D eigenvalue weighted by Gasteiger charge is -2.30. The highest BCUT2D eigenvalue weighted by molar-refractivity contribution is 5.95. The summed E-state index contributed by atoms with van der Waals surface area (Å²) in [7, 11) is 0. The third-order valence-corrected chi connectivity index (χ3v) is 4.49. The van der Waals surface area contributed by atoms with Crippen molar-refractivity contribution in [2.45, 2.75) is 32.9 Å². The van der Waals surface area contributed by atoms with E-state index in [0.29, 0.717) is 18.8 Å². The fourth-order valence-electron chi connectivity index (χ4n) is 3.15. The van der Waals surface area contributed by atoms with E-state index in [1.54, 1.807) is 30.0 Å². The number of fused-ring (bicyclic) bond motifs is 1. The van der Waals surface area contributed by atoms with Gasteiger partial charge in [0.25, 0.3) is 5.91 Å². The number of ether oxygens (including phenoxy) is 1. The largest absolute Gasteiger partial charge is 0.449 e. The molecule has 0 fully saturated rings. The van der Waals surface area contributed by atoms with E-state index in [2.05, 4.69) is 11.4 Å². The summed E-state index contributed by atoms with van der Waals surface area (Å²) in [5.74, 6) is -1.04. The van der Waals surface area contributed by atoms with Crippen LogP contribution in [0.3, 0.4) is 0 Å². The average molecular weight is 366 g/mol. The first-order valence-corrected chi connectivity index (χ1v) is 8.88. The van der Waals surface area contributed by atoms with Crippen LogP contribution in [-0.2, 0) is 27.3 Å². The molecule has 0 aliphatic carbocycles. The van der Waals surface area contributed by atoms with Gasteiger partial charge in [-0.3, -0.25) is 9.59 Å². The summed E-state index contributed by atoms with van der Waals surface area (Å²) in [5.41, 5.74) is 3.16. The highest BCUT2D eigenvalue weighted by Crippen LogP contribution is 2.20. The highest BCUT2D eigenvalue weighted by atomic mass is 16.5. The summed E-state index contributed by atoms with van der Waals surface area (Å²) in [6, 6.07) is 14.5. The number of hydrogen-bond donors (Lipinski definition) is 1. The van der Waals surface area contributed by atoms with Crippen molar-refractivity contribution in [3.63, 3.8) is 0 Å². The Balaban J connectivity index is 1.63. The lowest BCUT2D eigenvalue weighted by Crippen LogP contribution is -2.42. The molecule has 0 spiro atoms. The van der Waals surface area contributed by atoms with E-state index in [-0.39, 0.29) is 17.4 Å². The molecule has 0 saturated carbocycles. The molecular formula is C21H22N2O4. The summed E-state index contributed by atoms with van der Waals surface area (Å²) < 4.78 is 5.36. The topological polar surface area (TPSA) is 75.7 Å². The van der Waals surface area contributed by atoms with Crippen LogP contribution in [0.2, 0.25) is 0 Å². The lowest BCUT2D eigenvalue weighted by molar-refractivity contribution is -0.140. The standard InChI is InChI=1S/C21H22N2O4/c1-14(20(25)23-11-10-16-6-3-4-7-18(16)13-23)27-21(26)17-8-5-9-19(12-17)22-15(2)24/h3-9,12,14H,10-11,13H2,1-2H3,(H,22,24). The van der Waals surface area contributed by atoms with Crippen LogP contribution < -0.4 is 5.32 Å². The molecule has 1 unspecified atom stereocenters. The molecule has 6 heteroatoms. The van der Waals surface area contributed by atoms with Gasteiger partial charge in [-0.05, 0) is 42.7 Å². The van der Waals surface area contributed by atoms with Gasteiger partial charge < -0.3 is 15.0 Å². The SMILES string of the molecule is CC(=O)Nc1cccc(C(=O)OC(C)C(=O)N2CCc3ccccc3C2)c1. The first-order chi connectivity index (χ1) is 12.9. The Hall–Kier alpha value is -3.15. The van der Waals surface area contributed by atoms with E-state index in [0.717, 1.165) is 12.0 Å². The smallest absolute Gasteiger partial charge is 0.338 e. The first-order valence-electron chi connectivity index (χ1n) is 8.88. The van der Waals surface area contributed by atoms with Gasteiger partial charge in [0.15, 0.2) is 6.10 Å². The molecule has 2 amide bonds. The number of hydrogen-bond acceptors (Lipinski definition) is 4. The zero-order chi connectivity index (χ0) is 19.4. The summed E-state index contributed by atoms with van der Waals surface area (Å²) in [6.45, 7) is 4.10. The summed E-state index contributed by atoms with van der Waals surface area (Å²) in [6.07, 6.45) is -0.0892. The molecule has 2 aromatic carbocycles. The van der Waals surface area contributed by atoms with Crippen LogP contribution in [-0.4, -0.2) is 35.3 Å². The zero-order valence-corrected chi connectivity index (χ0v) is 15.4. The minimum absolute atomic E-state index is 0.212. The van der Waals surface area contributed by atoms with Crippen LogP contribution in [0, 0.1) is 0 Å². The Bertz CT molecular complexity index is 878. The quantitative estimate of drug-likeness (QED) is 0.845. The van der Waals surface area contributed by atoms with Crippen LogP contribution in [0.4, 0.5) is 5.69 Å². The van der Waals surface area contributed by atoms with Gasteiger partial charge in [-0.15, -0.1) is 0 Å². The molecule has 1 heterocycles. The second-order valence-corrected chi connectivity index (χ2v) is 6.59. The van der Waals surface area contributed by atoms with E-state index in [9.17, 15) is 14.4 Å². The van der Waals surface area contributed by atoms with Crippen LogP contribution >= 0.6 is 0 Å². The average Bonchev–Trinajstić information content (AvgIpc) is 2.66. The predicted molar refractivity (Wildman–Crippen MR) is 101 cm³/mol. The number of carbonyl (C=O) groups is 3. The van der Waals surface area contributed by atoms with Gasteiger partial charge in [0.2, 0.25) is 5.91 Å². The molecule has 0 aromatic heterocycles. The number of carbonyl (C=O) groups excluding carboxylic acids is 3. The molecule has 1 aliphatic heterocycles. The van der Waals surface area contributed by atoms with Crippen LogP contribution in [0.5, 0.6) is 0 Å². The van der Waals surface area contributed by atoms with Crippen LogP contribution in [0.1, 0.15) is 35.3 Å². The Morgan fingerprint density at radius 1 is 1.07 bits per heavy atom. The zero-order valence-electron chi connectivity index (χ0n) is 15.4. The molecule has 1 atom stereocenters. The number of benzene rings is 2. The van der Waals surface area contributed by atoms with Gasteiger partial charge in [-0.25, -0.2) is 4.79 Å². The summed E-state index contributed by atoms with van der Waals surface area (Å²) >= 11 is 0. The summed E-state index contributed by atoms with van der Waals surface area (Å²) in [4.78, 5) is 37.9. The maximum atomic E-state index is 12.7. The predicted octanol–water partition coefficient (Wildman–Crippen LogP) is 2.78. The van der Waals surface area contributed by atoms with Crippen molar-refractivity contribution in [3.8, 4) is 0 Å². The van der Waals surface area contributed by atoms with E-state index in [1.165, 1.54) is 18.6 Å². The van der Waals surface area contributed by atoms with Crippen molar-refractivity contribution in [3.05, 3.63) is 65.2 Å². The monoisotopic (exact) mass is 366 g/mol. The number of nitrogens with zero attached hydrogens (tertiary/aromatic N) is 1. The maximum Gasteiger partial charge on any atom is 0.338 e. The highest BCUT2D eigenvalue weighted by Gasteiger charge is 2.27. The molecule has 0 radical (unpaired) electrons. The van der Waals surface area contributed by atoms with E-state index < -0.39 is 12.1 Å². The molecule has 27 heavy (non-hydrogen) atoms. The second-order valence-electron chi connectivity index (χ2n) is 6.59. The first kappa shape index (κ1) is 18.6. The molecule has 0 saturated heterocycles. The van der Waals surface area contributed by atoms with Gasteiger partial charge in [0, 0.05) is 25.7 Å². The Morgan fingerprint density at radius 3 is 2.56 bits per heavy atom.